The fourth-order valence-electron chi connectivity index (χ4n) is 2.03. The van der Waals surface area contributed by atoms with Crippen molar-refractivity contribution in [1.82, 2.24) is 0 Å². The molecule has 2 rings (SSSR count). The summed E-state index contributed by atoms with van der Waals surface area (Å²) in [6.07, 6.45) is 3.74. The van der Waals surface area contributed by atoms with E-state index in [9.17, 15) is 0 Å². The van der Waals surface area contributed by atoms with E-state index in [1.165, 1.54) is 10.5 Å². The van der Waals surface area contributed by atoms with E-state index in [4.69, 9.17) is 5.14 Å². The highest BCUT2D eigenvalue weighted by molar-refractivity contribution is 7.94. The van der Waals surface area contributed by atoms with Crippen LogP contribution in [0.1, 0.15) is 16.7 Å². The largest absolute Gasteiger partial charge is 0.175 e. The van der Waals surface area contributed by atoms with Crippen LogP contribution in [0.15, 0.2) is 66.6 Å². The highest BCUT2D eigenvalue weighted by Gasteiger charge is 2.19. The van der Waals surface area contributed by atoms with Gasteiger partial charge >= 0.3 is 0 Å². The van der Waals surface area contributed by atoms with E-state index in [1.807, 2.05) is 42.5 Å². The smallest absolute Gasteiger partial charge is 0.146 e. The highest BCUT2D eigenvalue weighted by Crippen LogP contribution is 2.22. The molecule has 0 amide bonds. The predicted octanol–water partition coefficient (Wildman–Crippen LogP) is 4.02. The van der Waals surface area contributed by atoms with Crippen LogP contribution in [-0.2, 0) is 16.8 Å². The minimum atomic E-state index is -0.289. The lowest BCUT2D eigenvalue weighted by atomic mass is 10.0. The van der Waals surface area contributed by atoms with Crippen molar-refractivity contribution in [3.63, 3.8) is 0 Å². The fraction of sp³-hybridized carbons (Fsp3) is 0.0588. The summed E-state index contributed by atoms with van der Waals surface area (Å²) >= 11 is -0.289. The molecule has 0 saturated heterocycles. The standard InChI is InChI=1S/C17H18NS/c1-3-14-9-8-10-15(17(14)4-2)13-19(18)16-11-6-5-7-12-16/h3-12H,1-2,13,18H2/q+1. The van der Waals surface area contributed by atoms with Crippen molar-refractivity contribution >= 4 is 23.2 Å². The second-order valence-corrected chi connectivity index (χ2v) is 5.83. The molecule has 0 spiro atoms. The summed E-state index contributed by atoms with van der Waals surface area (Å²) in [5.41, 5.74) is 3.47. The zero-order chi connectivity index (χ0) is 13.7. The molecule has 0 aliphatic rings. The molecule has 0 bridgehead atoms. The minimum Gasteiger partial charge on any atom is -0.146 e. The number of hydrogen-bond donors (Lipinski definition) is 1. The number of nitrogens with two attached hydrogens (primary N) is 1. The first-order chi connectivity index (χ1) is 9.26. The van der Waals surface area contributed by atoms with Gasteiger partial charge in [0.1, 0.15) is 11.1 Å². The summed E-state index contributed by atoms with van der Waals surface area (Å²) in [6, 6.07) is 16.4. The van der Waals surface area contributed by atoms with Crippen LogP contribution in [0.5, 0.6) is 0 Å². The first-order valence-corrected chi connectivity index (χ1v) is 7.59. The van der Waals surface area contributed by atoms with Gasteiger partial charge in [-0.15, -0.1) is 5.14 Å². The normalized spacial score (nSPS) is 11.8. The van der Waals surface area contributed by atoms with Gasteiger partial charge in [0, 0.05) is 5.56 Å². The van der Waals surface area contributed by atoms with Crippen molar-refractivity contribution in [2.75, 3.05) is 0 Å². The van der Waals surface area contributed by atoms with Crippen LogP contribution in [0.2, 0.25) is 0 Å². The van der Waals surface area contributed by atoms with Crippen LogP contribution in [0, 0.1) is 0 Å². The van der Waals surface area contributed by atoms with Gasteiger partial charge < -0.3 is 0 Å². The number of benzene rings is 2. The molecule has 0 saturated carbocycles. The lowest BCUT2D eigenvalue weighted by Gasteiger charge is -2.08. The van der Waals surface area contributed by atoms with E-state index < -0.39 is 0 Å². The molecule has 1 unspecified atom stereocenters. The molecule has 0 aliphatic carbocycles. The van der Waals surface area contributed by atoms with Crippen molar-refractivity contribution in [3.05, 3.63) is 78.4 Å². The summed E-state index contributed by atoms with van der Waals surface area (Å²) in [4.78, 5) is 1.18. The summed E-state index contributed by atoms with van der Waals surface area (Å²) in [5, 5.41) is 6.31. The molecule has 2 aromatic rings. The Hall–Kier alpha value is -1.77. The number of hydrogen-bond acceptors (Lipinski definition) is 1. The van der Waals surface area contributed by atoms with Crippen molar-refractivity contribution in [2.24, 2.45) is 5.14 Å². The van der Waals surface area contributed by atoms with Crippen LogP contribution in [0.4, 0.5) is 0 Å². The van der Waals surface area contributed by atoms with E-state index in [0.717, 1.165) is 16.9 Å². The number of rotatable bonds is 5. The Labute approximate surface area is 118 Å². The van der Waals surface area contributed by atoms with E-state index >= 15 is 0 Å². The van der Waals surface area contributed by atoms with Gasteiger partial charge in [-0.2, -0.15) is 0 Å². The average molecular weight is 268 g/mol. The third-order valence-electron chi connectivity index (χ3n) is 3.01. The Kier molecular flexibility index (Phi) is 4.61. The SMILES string of the molecule is C=Cc1cccc(C[S+](N)c2ccccc2)c1C=C. The molecule has 0 radical (unpaired) electrons. The summed E-state index contributed by atoms with van der Waals surface area (Å²) in [5.74, 6) is 0.826. The van der Waals surface area contributed by atoms with Gasteiger partial charge in [-0.25, -0.2) is 0 Å². The average Bonchev–Trinajstić information content (AvgIpc) is 2.47. The Bertz CT molecular complexity index is 575. The molecule has 0 aliphatic heterocycles. The molecule has 19 heavy (non-hydrogen) atoms. The van der Waals surface area contributed by atoms with Gasteiger partial charge in [-0.1, -0.05) is 61.7 Å². The maximum absolute atomic E-state index is 6.31. The molecule has 96 valence electrons. The van der Waals surface area contributed by atoms with Gasteiger partial charge in [0.15, 0.2) is 10.6 Å². The van der Waals surface area contributed by atoms with Gasteiger partial charge in [0.05, 0.1) is 0 Å². The molecule has 2 heteroatoms. The molecule has 0 fully saturated rings. The third-order valence-corrected chi connectivity index (χ3v) is 4.51. The van der Waals surface area contributed by atoms with E-state index in [1.54, 1.807) is 0 Å². The van der Waals surface area contributed by atoms with Crippen LogP contribution >= 0.6 is 0 Å². The molecular formula is C17H18NS+. The van der Waals surface area contributed by atoms with Crippen LogP contribution in [-0.4, -0.2) is 0 Å². The molecule has 2 N–H and O–H groups in total. The third kappa shape index (κ3) is 3.16. The minimum absolute atomic E-state index is 0.289. The molecule has 1 nitrogen and oxygen atoms in total. The molecule has 0 aromatic heterocycles. The molecule has 2 aromatic carbocycles. The Morgan fingerprint density at radius 1 is 0.947 bits per heavy atom. The van der Waals surface area contributed by atoms with Gasteiger partial charge in [0.2, 0.25) is 0 Å². The second kappa shape index (κ2) is 6.41. The predicted molar refractivity (Wildman–Crippen MR) is 86.6 cm³/mol. The zero-order valence-electron chi connectivity index (χ0n) is 10.9. The van der Waals surface area contributed by atoms with E-state index in [0.29, 0.717) is 0 Å². The molecule has 1 atom stereocenters. The van der Waals surface area contributed by atoms with Crippen molar-refractivity contribution < 1.29 is 0 Å². The van der Waals surface area contributed by atoms with E-state index in [2.05, 4.69) is 31.4 Å². The van der Waals surface area contributed by atoms with Crippen LogP contribution in [0.3, 0.4) is 0 Å². The van der Waals surface area contributed by atoms with Gasteiger partial charge in [0.25, 0.3) is 0 Å². The Morgan fingerprint density at radius 2 is 1.68 bits per heavy atom. The monoisotopic (exact) mass is 268 g/mol. The maximum Gasteiger partial charge on any atom is 0.175 e. The maximum atomic E-state index is 6.31. The molecular weight excluding hydrogens is 250 g/mol. The van der Waals surface area contributed by atoms with Crippen molar-refractivity contribution in [1.29, 1.82) is 0 Å². The topological polar surface area (TPSA) is 26.0 Å². The van der Waals surface area contributed by atoms with Gasteiger partial charge in [-0.05, 0) is 23.3 Å². The highest BCUT2D eigenvalue weighted by atomic mass is 32.2. The summed E-state index contributed by atoms with van der Waals surface area (Å²) in [7, 11) is 0. The second-order valence-electron chi connectivity index (χ2n) is 4.21. The summed E-state index contributed by atoms with van der Waals surface area (Å²) in [6.45, 7) is 7.74. The Balaban J connectivity index is 2.29. The Morgan fingerprint density at radius 3 is 2.32 bits per heavy atom. The quantitative estimate of drug-likeness (QED) is 0.814. The van der Waals surface area contributed by atoms with Crippen LogP contribution in [0.25, 0.3) is 12.2 Å². The first-order valence-electron chi connectivity index (χ1n) is 6.13. The first kappa shape index (κ1) is 13.7. The van der Waals surface area contributed by atoms with Crippen molar-refractivity contribution in [2.45, 2.75) is 10.6 Å². The summed E-state index contributed by atoms with van der Waals surface area (Å²) < 4.78 is 0. The zero-order valence-corrected chi connectivity index (χ0v) is 11.7. The van der Waals surface area contributed by atoms with E-state index in [-0.39, 0.29) is 11.1 Å². The molecule has 0 heterocycles. The lowest BCUT2D eigenvalue weighted by Crippen LogP contribution is -2.17. The lowest BCUT2D eigenvalue weighted by molar-refractivity contribution is 1.33. The van der Waals surface area contributed by atoms with Crippen LogP contribution < -0.4 is 5.14 Å². The fourth-order valence-corrected chi connectivity index (χ4v) is 3.29. The van der Waals surface area contributed by atoms with Gasteiger partial charge in [-0.3, -0.25) is 0 Å². The van der Waals surface area contributed by atoms with Crippen molar-refractivity contribution in [3.8, 4) is 0 Å².